The molecular formula is C22H32N2O3. The van der Waals surface area contributed by atoms with Crippen molar-refractivity contribution in [2.75, 3.05) is 6.54 Å². The fourth-order valence-corrected chi connectivity index (χ4v) is 2.73. The highest BCUT2D eigenvalue weighted by molar-refractivity contribution is 5.76. The van der Waals surface area contributed by atoms with Crippen LogP contribution in [0.15, 0.2) is 18.5 Å². The number of aromatic nitrogens is 1. The first-order valence-electron chi connectivity index (χ1n) is 9.96. The molecule has 2 heterocycles. The third-order valence-electron chi connectivity index (χ3n) is 4.23. The molecule has 1 aliphatic heterocycles. The zero-order chi connectivity index (χ0) is 19.7. The van der Waals surface area contributed by atoms with Gasteiger partial charge in [-0.2, -0.15) is 0 Å². The van der Waals surface area contributed by atoms with Crippen molar-refractivity contribution in [2.24, 2.45) is 0 Å². The van der Waals surface area contributed by atoms with Crippen LogP contribution in [0, 0.1) is 11.8 Å². The number of nitrogens with one attached hydrogen (secondary N) is 1. The van der Waals surface area contributed by atoms with Gasteiger partial charge in [0.15, 0.2) is 0 Å². The lowest BCUT2D eigenvalue weighted by Gasteiger charge is -2.35. The number of hydrogen-bond donors (Lipinski definition) is 1. The standard InChI is InChI=1S/C22H32N2O3/c1-5-6-7-8-9-10-11-17-14-18(16-23-15-17)26-20(19-12-13-24-19)21(25)27-22(2,3)4/h14-16,19-20,24H,5-9,12-13H2,1-4H3/t19-,20?/m0/s1. The number of pyridine rings is 1. The Balaban J connectivity index is 1.99. The minimum atomic E-state index is -0.683. The summed E-state index contributed by atoms with van der Waals surface area (Å²) in [5, 5.41) is 3.23. The van der Waals surface area contributed by atoms with Gasteiger partial charge in [0.2, 0.25) is 6.10 Å². The molecule has 0 bridgehead atoms. The van der Waals surface area contributed by atoms with Crippen molar-refractivity contribution in [3.63, 3.8) is 0 Å². The Bertz CT molecular complexity index is 666. The number of esters is 1. The van der Waals surface area contributed by atoms with Gasteiger partial charge in [-0.1, -0.05) is 38.0 Å². The van der Waals surface area contributed by atoms with Gasteiger partial charge < -0.3 is 14.8 Å². The van der Waals surface area contributed by atoms with Gasteiger partial charge in [0.05, 0.1) is 12.2 Å². The summed E-state index contributed by atoms with van der Waals surface area (Å²) >= 11 is 0. The molecule has 0 amide bonds. The number of carbonyl (C=O) groups is 1. The Morgan fingerprint density at radius 3 is 2.74 bits per heavy atom. The second-order valence-corrected chi connectivity index (χ2v) is 7.94. The Morgan fingerprint density at radius 1 is 1.33 bits per heavy atom. The molecule has 2 atom stereocenters. The van der Waals surface area contributed by atoms with E-state index in [1.807, 2.05) is 26.8 Å². The largest absolute Gasteiger partial charge is 0.475 e. The lowest BCUT2D eigenvalue weighted by molar-refractivity contribution is -0.165. The molecule has 0 radical (unpaired) electrons. The van der Waals surface area contributed by atoms with Crippen molar-refractivity contribution in [1.82, 2.24) is 10.3 Å². The summed E-state index contributed by atoms with van der Waals surface area (Å²) < 4.78 is 11.5. The molecule has 1 aromatic heterocycles. The summed E-state index contributed by atoms with van der Waals surface area (Å²) in [5.41, 5.74) is 0.249. The van der Waals surface area contributed by atoms with Crippen molar-refractivity contribution < 1.29 is 14.3 Å². The van der Waals surface area contributed by atoms with E-state index >= 15 is 0 Å². The first-order valence-corrected chi connectivity index (χ1v) is 9.96. The van der Waals surface area contributed by atoms with E-state index in [1.54, 1.807) is 12.4 Å². The van der Waals surface area contributed by atoms with Crippen LogP contribution in [-0.4, -0.2) is 35.2 Å². The first kappa shape index (κ1) is 21.2. The van der Waals surface area contributed by atoms with Crippen LogP contribution in [0.3, 0.4) is 0 Å². The van der Waals surface area contributed by atoms with Crippen molar-refractivity contribution in [3.8, 4) is 17.6 Å². The predicted molar refractivity (Wildman–Crippen MR) is 107 cm³/mol. The summed E-state index contributed by atoms with van der Waals surface area (Å²) in [6, 6.07) is 1.80. The van der Waals surface area contributed by atoms with Gasteiger partial charge in [-0.15, -0.1) is 0 Å². The SMILES string of the molecule is CCCCCCC#Cc1cncc(OC(C(=O)OC(C)(C)C)[C@@H]2CCN2)c1. The number of ether oxygens (including phenoxy) is 2. The number of nitrogens with zero attached hydrogens (tertiary/aromatic N) is 1. The van der Waals surface area contributed by atoms with E-state index < -0.39 is 11.7 Å². The maximum atomic E-state index is 12.5. The number of rotatable bonds is 8. The molecule has 0 aromatic carbocycles. The molecule has 0 aliphatic carbocycles. The molecule has 1 aromatic rings. The van der Waals surface area contributed by atoms with E-state index in [2.05, 4.69) is 29.1 Å². The molecular weight excluding hydrogens is 340 g/mol. The lowest BCUT2D eigenvalue weighted by atomic mass is 10.0. The number of unbranched alkanes of at least 4 members (excludes halogenated alkanes) is 4. The minimum absolute atomic E-state index is 0.0341. The first-order chi connectivity index (χ1) is 12.9. The van der Waals surface area contributed by atoms with Crippen LogP contribution in [0.25, 0.3) is 0 Å². The molecule has 0 spiro atoms. The fourth-order valence-electron chi connectivity index (χ4n) is 2.73. The predicted octanol–water partition coefficient (Wildman–Crippen LogP) is 3.85. The van der Waals surface area contributed by atoms with E-state index in [0.717, 1.165) is 31.4 Å². The number of carbonyl (C=O) groups excluding carboxylic acids is 1. The third-order valence-corrected chi connectivity index (χ3v) is 4.23. The molecule has 1 saturated heterocycles. The Hall–Kier alpha value is -2.06. The van der Waals surface area contributed by atoms with Gasteiger partial charge >= 0.3 is 5.97 Å². The summed E-state index contributed by atoms with van der Waals surface area (Å²) in [6.07, 6.45) is 9.25. The lowest BCUT2D eigenvalue weighted by Crippen LogP contribution is -2.57. The Morgan fingerprint density at radius 2 is 2.11 bits per heavy atom. The van der Waals surface area contributed by atoms with Crippen LogP contribution in [0.5, 0.6) is 5.75 Å². The van der Waals surface area contributed by atoms with Crippen LogP contribution in [-0.2, 0) is 9.53 Å². The van der Waals surface area contributed by atoms with Crippen LogP contribution < -0.4 is 10.1 Å². The topological polar surface area (TPSA) is 60.5 Å². The normalized spacial score (nSPS) is 17.3. The molecule has 27 heavy (non-hydrogen) atoms. The van der Waals surface area contributed by atoms with Gasteiger partial charge in [-0.3, -0.25) is 4.98 Å². The van der Waals surface area contributed by atoms with E-state index in [0.29, 0.717) is 5.75 Å². The molecule has 1 N–H and O–H groups in total. The van der Waals surface area contributed by atoms with E-state index in [1.165, 1.54) is 19.3 Å². The van der Waals surface area contributed by atoms with Gasteiger partial charge in [0.1, 0.15) is 11.4 Å². The highest BCUT2D eigenvalue weighted by Crippen LogP contribution is 2.20. The molecule has 5 heteroatoms. The maximum absolute atomic E-state index is 12.5. The Kier molecular flexibility index (Phi) is 8.12. The smallest absolute Gasteiger partial charge is 0.349 e. The quantitative estimate of drug-likeness (QED) is 0.427. The molecule has 1 unspecified atom stereocenters. The van der Waals surface area contributed by atoms with Gasteiger partial charge in [-0.25, -0.2) is 4.79 Å². The van der Waals surface area contributed by atoms with Crippen LogP contribution in [0.4, 0.5) is 0 Å². The van der Waals surface area contributed by atoms with Crippen LogP contribution >= 0.6 is 0 Å². The van der Waals surface area contributed by atoms with Gasteiger partial charge in [-0.05, 0) is 46.2 Å². The highest BCUT2D eigenvalue weighted by atomic mass is 16.6. The molecule has 148 valence electrons. The van der Waals surface area contributed by atoms with Gasteiger partial charge in [0, 0.05) is 18.2 Å². The molecule has 5 nitrogen and oxygen atoms in total. The summed E-state index contributed by atoms with van der Waals surface area (Å²) in [7, 11) is 0. The van der Waals surface area contributed by atoms with Crippen molar-refractivity contribution in [2.45, 2.75) is 84.0 Å². The van der Waals surface area contributed by atoms with Crippen molar-refractivity contribution in [1.29, 1.82) is 0 Å². The van der Waals surface area contributed by atoms with E-state index in [4.69, 9.17) is 9.47 Å². The summed E-state index contributed by atoms with van der Waals surface area (Å²) in [5.74, 6) is 6.51. The maximum Gasteiger partial charge on any atom is 0.349 e. The highest BCUT2D eigenvalue weighted by Gasteiger charge is 2.37. The summed E-state index contributed by atoms with van der Waals surface area (Å²) in [4.78, 5) is 16.7. The van der Waals surface area contributed by atoms with Crippen molar-refractivity contribution >= 4 is 5.97 Å². The van der Waals surface area contributed by atoms with E-state index in [9.17, 15) is 4.79 Å². The molecule has 0 saturated carbocycles. The fraction of sp³-hybridized carbons (Fsp3) is 0.636. The zero-order valence-corrected chi connectivity index (χ0v) is 17.0. The Labute approximate surface area is 163 Å². The van der Waals surface area contributed by atoms with Crippen LogP contribution in [0.1, 0.15) is 71.8 Å². The summed E-state index contributed by atoms with van der Waals surface area (Å²) in [6.45, 7) is 8.65. The third kappa shape index (κ3) is 7.60. The monoisotopic (exact) mass is 372 g/mol. The number of hydrogen-bond acceptors (Lipinski definition) is 5. The zero-order valence-electron chi connectivity index (χ0n) is 17.0. The minimum Gasteiger partial charge on any atom is -0.475 e. The molecule has 2 rings (SSSR count). The average molecular weight is 373 g/mol. The van der Waals surface area contributed by atoms with Gasteiger partial charge in [0.25, 0.3) is 0 Å². The molecule has 1 aliphatic rings. The average Bonchev–Trinajstić information content (AvgIpc) is 2.55. The van der Waals surface area contributed by atoms with E-state index in [-0.39, 0.29) is 12.0 Å². The van der Waals surface area contributed by atoms with Crippen LogP contribution in [0.2, 0.25) is 0 Å². The van der Waals surface area contributed by atoms with Crippen molar-refractivity contribution in [3.05, 3.63) is 24.0 Å². The second kappa shape index (κ2) is 10.3. The second-order valence-electron chi connectivity index (χ2n) is 7.94. The molecule has 1 fully saturated rings.